The largest absolute Gasteiger partial charge is 0.334 e. The molecule has 2 aromatic heterocycles. The van der Waals surface area contributed by atoms with Crippen LogP contribution in [0.15, 0.2) is 18.6 Å². The van der Waals surface area contributed by atoms with Crippen LogP contribution in [0.1, 0.15) is 49.3 Å². The van der Waals surface area contributed by atoms with Crippen molar-refractivity contribution in [3.8, 4) is 0 Å². The van der Waals surface area contributed by atoms with Crippen molar-refractivity contribution in [3.05, 3.63) is 35.4 Å². The molecule has 0 aliphatic rings. The van der Waals surface area contributed by atoms with E-state index in [9.17, 15) is 4.79 Å². The zero-order chi connectivity index (χ0) is 16.5. The van der Waals surface area contributed by atoms with Crippen molar-refractivity contribution < 1.29 is 4.79 Å². The molecule has 0 aliphatic carbocycles. The van der Waals surface area contributed by atoms with E-state index in [-0.39, 0.29) is 11.3 Å². The number of nitrogens with zero attached hydrogens (tertiary/aromatic N) is 5. The van der Waals surface area contributed by atoms with Gasteiger partial charge in [-0.25, -0.2) is 0 Å². The normalized spacial score (nSPS) is 11.7. The maximum atomic E-state index is 12.9. The average Bonchev–Trinajstić information content (AvgIpc) is 3.00. The van der Waals surface area contributed by atoms with Crippen LogP contribution in [-0.2, 0) is 26.1 Å². The lowest BCUT2D eigenvalue weighted by Gasteiger charge is -2.23. The minimum absolute atomic E-state index is 0.0179. The number of hydrogen-bond donors (Lipinski definition) is 0. The first-order valence-corrected chi connectivity index (χ1v) is 7.53. The van der Waals surface area contributed by atoms with Gasteiger partial charge in [0.25, 0.3) is 5.91 Å². The van der Waals surface area contributed by atoms with Crippen LogP contribution >= 0.6 is 0 Å². The standard InChI is InChI=1S/C16H25N5O/c1-7-21(10-12-8-17-19(5)9-12)15(22)13-11-20(6)18-14(13)16(2,3)4/h8-9,11H,7,10H2,1-6H3. The van der Waals surface area contributed by atoms with Gasteiger partial charge in [-0.05, 0) is 6.92 Å². The van der Waals surface area contributed by atoms with Crippen LogP contribution in [0.3, 0.4) is 0 Å². The van der Waals surface area contributed by atoms with E-state index in [1.165, 1.54) is 0 Å². The molecular weight excluding hydrogens is 278 g/mol. The first-order chi connectivity index (χ1) is 10.2. The molecule has 22 heavy (non-hydrogen) atoms. The molecule has 1 amide bonds. The van der Waals surface area contributed by atoms with E-state index in [0.717, 1.165) is 11.3 Å². The van der Waals surface area contributed by atoms with Crippen LogP contribution in [0, 0.1) is 0 Å². The lowest BCUT2D eigenvalue weighted by Crippen LogP contribution is -2.32. The van der Waals surface area contributed by atoms with Crippen LogP contribution in [0.25, 0.3) is 0 Å². The number of rotatable bonds is 4. The Bertz CT molecular complexity index is 662. The summed E-state index contributed by atoms with van der Waals surface area (Å²) >= 11 is 0. The smallest absolute Gasteiger partial charge is 0.257 e. The van der Waals surface area contributed by atoms with Gasteiger partial charge in [0.2, 0.25) is 0 Å². The van der Waals surface area contributed by atoms with E-state index in [2.05, 4.69) is 31.0 Å². The molecule has 0 unspecified atom stereocenters. The van der Waals surface area contributed by atoms with Crippen LogP contribution in [-0.4, -0.2) is 36.9 Å². The molecule has 2 heterocycles. The molecule has 6 heteroatoms. The zero-order valence-corrected chi connectivity index (χ0v) is 14.3. The van der Waals surface area contributed by atoms with E-state index in [1.54, 1.807) is 15.6 Å². The highest BCUT2D eigenvalue weighted by molar-refractivity contribution is 5.95. The Kier molecular flexibility index (Phi) is 4.39. The van der Waals surface area contributed by atoms with Crippen molar-refractivity contribution in [2.75, 3.05) is 6.54 Å². The van der Waals surface area contributed by atoms with Gasteiger partial charge in [-0.15, -0.1) is 0 Å². The van der Waals surface area contributed by atoms with Gasteiger partial charge in [-0.2, -0.15) is 10.2 Å². The summed E-state index contributed by atoms with van der Waals surface area (Å²) in [7, 11) is 3.73. The van der Waals surface area contributed by atoms with E-state index in [0.29, 0.717) is 18.7 Å². The highest BCUT2D eigenvalue weighted by Gasteiger charge is 2.28. The van der Waals surface area contributed by atoms with Crippen molar-refractivity contribution in [2.45, 2.75) is 39.7 Å². The summed E-state index contributed by atoms with van der Waals surface area (Å²) in [6.45, 7) is 9.41. The van der Waals surface area contributed by atoms with Gasteiger partial charge in [-0.1, -0.05) is 20.8 Å². The Morgan fingerprint density at radius 2 is 1.91 bits per heavy atom. The van der Waals surface area contributed by atoms with Gasteiger partial charge < -0.3 is 4.90 Å². The molecule has 6 nitrogen and oxygen atoms in total. The summed E-state index contributed by atoms with van der Waals surface area (Å²) in [4.78, 5) is 14.7. The molecular formula is C16H25N5O. The van der Waals surface area contributed by atoms with Crippen LogP contribution in [0.2, 0.25) is 0 Å². The summed E-state index contributed by atoms with van der Waals surface area (Å²) < 4.78 is 3.46. The Balaban J connectivity index is 2.29. The summed E-state index contributed by atoms with van der Waals surface area (Å²) in [6.07, 6.45) is 5.54. The van der Waals surface area contributed by atoms with Gasteiger partial charge in [0.15, 0.2) is 0 Å². The van der Waals surface area contributed by atoms with Crippen LogP contribution in [0.4, 0.5) is 0 Å². The maximum Gasteiger partial charge on any atom is 0.257 e. The number of hydrogen-bond acceptors (Lipinski definition) is 3. The number of carbonyl (C=O) groups is 1. The van der Waals surface area contributed by atoms with Crippen molar-refractivity contribution in [3.63, 3.8) is 0 Å². The first-order valence-electron chi connectivity index (χ1n) is 7.53. The molecule has 0 aromatic carbocycles. The molecule has 0 spiro atoms. The molecule has 0 fully saturated rings. The van der Waals surface area contributed by atoms with E-state index in [1.807, 2.05) is 38.3 Å². The number of amides is 1. The van der Waals surface area contributed by atoms with E-state index < -0.39 is 0 Å². The number of aromatic nitrogens is 4. The summed E-state index contributed by atoms with van der Waals surface area (Å²) in [6, 6.07) is 0. The molecule has 0 aliphatic heterocycles. The fourth-order valence-corrected chi connectivity index (χ4v) is 2.47. The SMILES string of the molecule is CCN(Cc1cnn(C)c1)C(=O)c1cn(C)nc1C(C)(C)C. The van der Waals surface area contributed by atoms with Crippen molar-refractivity contribution in [1.82, 2.24) is 24.5 Å². The summed E-state index contributed by atoms with van der Waals surface area (Å²) in [5.74, 6) is 0.0179. The number of carbonyl (C=O) groups excluding carboxylic acids is 1. The van der Waals surface area contributed by atoms with Crippen LogP contribution in [0.5, 0.6) is 0 Å². The quantitative estimate of drug-likeness (QED) is 0.869. The molecule has 0 N–H and O–H groups in total. The maximum absolute atomic E-state index is 12.9. The predicted molar refractivity (Wildman–Crippen MR) is 85.5 cm³/mol. The molecule has 0 saturated heterocycles. The minimum Gasteiger partial charge on any atom is -0.334 e. The Hall–Kier alpha value is -2.11. The van der Waals surface area contributed by atoms with Gasteiger partial charge >= 0.3 is 0 Å². The molecule has 0 bridgehead atoms. The highest BCUT2D eigenvalue weighted by Crippen LogP contribution is 2.25. The van der Waals surface area contributed by atoms with Crippen molar-refractivity contribution in [2.24, 2.45) is 14.1 Å². The highest BCUT2D eigenvalue weighted by atomic mass is 16.2. The Morgan fingerprint density at radius 3 is 2.41 bits per heavy atom. The molecule has 0 atom stereocenters. The fraction of sp³-hybridized carbons (Fsp3) is 0.562. The van der Waals surface area contributed by atoms with Gasteiger partial charge in [0.1, 0.15) is 0 Å². The topological polar surface area (TPSA) is 56.0 Å². The third-order valence-electron chi connectivity index (χ3n) is 3.57. The minimum atomic E-state index is -0.167. The lowest BCUT2D eigenvalue weighted by atomic mass is 9.89. The average molecular weight is 303 g/mol. The van der Waals surface area contributed by atoms with Gasteiger partial charge in [0.05, 0.1) is 17.5 Å². The van der Waals surface area contributed by atoms with E-state index in [4.69, 9.17) is 0 Å². The monoisotopic (exact) mass is 303 g/mol. The third kappa shape index (κ3) is 3.37. The zero-order valence-electron chi connectivity index (χ0n) is 14.3. The van der Waals surface area contributed by atoms with Crippen molar-refractivity contribution >= 4 is 5.91 Å². The van der Waals surface area contributed by atoms with E-state index >= 15 is 0 Å². The van der Waals surface area contributed by atoms with Gasteiger partial charge in [0, 0.05) is 50.6 Å². The second-order valence-corrected chi connectivity index (χ2v) is 6.66. The number of aryl methyl sites for hydroxylation is 2. The third-order valence-corrected chi connectivity index (χ3v) is 3.57. The Morgan fingerprint density at radius 1 is 1.23 bits per heavy atom. The lowest BCUT2D eigenvalue weighted by molar-refractivity contribution is 0.0750. The van der Waals surface area contributed by atoms with Gasteiger partial charge in [-0.3, -0.25) is 14.2 Å². The van der Waals surface area contributed by atoms with Crippen LogP contribution < -0.4 is 0 Å². The molecule has 0 saturated carbocycles. The fourth-order valence-electron chi connectivity index (χ4n) is 2.47. The second-order valence-electron chi connectivity index (χ2n) is 6.66. The summed E-state index contributed by atoms with van der Waals surface area (Å²) in [5, 5.41) is 8.64. The summed E-state index contributed by atoms with van der Waals surface area (Å²) in [5.41, 5.74) is 2.38. The van der Waals surface area contributed by atoms with Crippen molar-refractivity contribution in [1.29, 1.82) is 0 Å². The molecule has 2 aromatic rings. The molecule has 0 radical (unpaired) electrons. The second kappa shape index (κ2) is 5.94. The molecule has 2 rings (SSSR count). The first kappa shape index (κ1) is 16.3. The molecule has 120 valence electrons. The Labute approximate surface area is 131 Å². The predicted octanol–water partition coefficient (Wildman–Crippen LogP) is 2.11.